The molecule has 0 aliphatic heterocycles. The Morgan fingerprint density at radius 3 is 1.85 bits per heavy atom. The molecule has 3 N–H and O–H groups in total. The summed E-state index contributed by atoms with van der Waals surface area (Å²) in [6, 6.07) is 0. The number of esters is 1. The molecule has 0 heterocycles. The predicted octanol–water partition coefficient (Wildman–Crippen LogP) is -3.87. The van der Waals surface area contributed by atoms with Gasteiger partial charge in [-0.3, -0.25) is 4.79 Å². The fourth-order valence-corrected chi connectivity index (χ4v) is 1.21. The number of carbonyl (C=O) groups is 3. The number of likely N-dealkylation sites (N-methyl/N-ethyl adjacent to an activating group) is 1. The summed E-state index contributed by atoms with van der Waals surface area (Å²) in [4.78, 5) is 30.7. The molecule has 0 saturated carbocycles. The van der Waals surface area contributed by atoms with Crippen molar-refractivity contribution in [3.63, 3.8) is 0 Å². The number of nitrogens with zero attached hydrogens (tertiary/aromatic N) is 1. The van der Waals surface area contributed by atoms with Crippen molar-refractivity contribution >= 4 is 17.9 Å². The number of rotatable bonds is 7. The lowest BCUT2D eigenvalue weighted by atomic mass is 10.2. The van der Waals surface area contributed by atoms with E-state index >= 15 is 0 Å². The van der Waals surface area contributed by atoms with Gasteiger partial charge < -0.3 is 34.8 Å². The lowest BCUT2D eigenvalue weighted by molar-refractivity contribution is -0.873. The predicted molar refractivity (Wildman–Crippen MR) is 65.5 cm³/mol. The molecule has 0 spiro atoms. The Bertz CT molecular complexity index is 324. The summed E-state index contributed by atoms with van der Waals surface area (Å²) in [5.74, 6) is -2.68. The molecule has 20 heavy (non-hydrogen) atoms. The summed E-state index contributed by atoms with van der Waals surface area (Å²) in [7, 11) is 5.71. The fourth-order valence-electron chi connectivity index (χ4n) is 1.21. The number of quaternary nitrogens is 2. The van der Waals surface area contributed by atoms with E-state index in [4.69, 9.17) is 4.74 Å². The summed E-state index contributed by atoms with van der Waals surface area (Å²) in [6.45, 7) is 1.99. The number of hydrogen-bond acceptors (Lipinski definition) is 6. The van der Waals surface area contributed by atoms with E-state index in [-0.39, 0.29) is 25.4 Å². The van der Waals surface area contributed by atoms with Gasteiger partial charge in [0.1, 0.15) is 13.1 Å². The molecular formula is C12H24N2O6. The molecule has 0 aliphatic rings. The highest BCUT2D eigenvalue weighted by molar-refractivity contribution is 5.70. The Hall–Kier alpha value is -1.67. The van der Waals surface area contributed by atoms with Gasteiger partial charge in [0.25, 0.3) is 0 Å². The second-order valence-electron chi connectivity index (χ2n) is 5.14. The van der Waals surface area contributed by atoms with E-state index in [1.54, 1.807) is 6.92 Å². The molecule has 0 aromatic heterocycles. The van der Waals surface area contributed by atoms with Crippen molar-refractivity contribution < 1.29 is 39.6 Å². The Kier molecular flexibility index (Phi) is 10.5. The minimum absolute atomic E-state index is 0.139. The first-order valence-electron chi connectivity index (χ1n) is 6.20. The van der Waals surface area contributed by atoms with Crippen molar-refractivity contribution in [3.8, 4) is 0 Å². The van der Waals surface area contributed by atoms with Gasteiger partial charge in [-0.25, -0.2) is 0 Å². The number of ether oxygens (including phenoxy) is 1. The maximum atomic E-state index is 11.0. The molecule has 8 heteroatoms. The maximum absolute atomic E-state index is 11.0. The summed E-state index contributed by atoms with van der Waals surface area (Å²) in [5.41, 5.74) is 3.02. The highest BCUT2D eigenvalue weighted by atomic mass is 16.5. The molecule has 0 amide bonds. The average molecular weight is 292 g/mol. The van der Waals surface area contributed by atoms with E-state index in [0.717, 1.165) is 0 Å². The van der Waals surface area contributed by atoms with Crippen LogP contribution in [0.5, 0.6) is 0 Å². The molecule has 0 bridgehead atoms. The Labute approximate surface area is 118 Å². The second-order valence-corrected chi connectivity index (χ2v) is 5.14. The molecular weight excluding hydrogens is 268 g/mol. The molecule has 0 saturated heterocycles. The van der Waals surface area contributed by atoms with E-state index in [2.05, 4.69) is 5.73 Å². The zero-order valence-corrected chi connectivity index (χ0v) is 12.5. The summed E-state index contributed by atoms with van der Waals surface area (Å²) < 4.78 is 5.55. The standard InChI is InChI=1S/C10H19NO4.C2H5NO2/c1-5-10(14)15-8(6-9(12)13)7-11(2,3)4;3-1-2(4)5/h8H,5-7H2,1-4H3;1,3H2,(H,4,5). The molecule has 0 rings (SSSR count). The van der Waals surface area contributed by atoms with Crippen LogP contribution in [0.15, 0.2) is 0 Å². The highest BCUT2D eigenvalue weighted by Crippen LogP contribution is 2.05. The lowest BCUT2D eigenvalue weighted by Crippen LogP contribution is -2.58. The first kappa shape index (κ1) is 20.6. The quantitative estimate of drug-likeness (QED) is 0.377. The molecule has 0 aromatic rings. The minimum Gasteiger partial charge on any atom is -0.550 e. The van der Waals surface area contributed by atoms with E-state index in [0.29, 0.717) is 11.0 Å². The van der Waals surface area contributed by atoms with Gasteiger partial charge in [0.15, 0.2) is 6.10 Å². The van der Waals surface area contributed by atoms with Crippen LogP contribution in [-0.4, -0.2) is 62.7 Å². The molecule has 0 aliphatic carbocycles. The van der Waals surface area contributed by atoms with Gasteiger partial charge in [0, 0.05) is 18.8 Å². The SMILES string of the molecule is CCC(=O)OC(CC(=O)[O-])C[N+](C)(C)C.[NH3+]CC(=O)[O-]. The Morgan fingerprint density at radius 1 is 1.15 bits per heavy atom. The van der Waals surface area contributed by atoms with Gasteiger partial charge >= 0.3 is 5.97 Å². The fraction of sp³-hybridized carbons (Fsp3) is 0.750. The molecule has 0 radical (unpaired) electrons. The summed E-state index contributed by atoms with van der Waals surface area (Å²) in [5, 5.41) is 19.7. The topological polar surface area (TPSA) is 134 Å². The van der Waals surface area contributed by atoms with Crippen LogP contribution in [0.3, 0.4) is 0 Å². The molecule has 1 unspecified atom stereocenters. The maximum Gasteiger partial charge on any atom is 0.306 e. The van der Waals surface area contributed by atoms with Crippen molar-refractivity contribution in [2.24, 2.45) is 0 Å². The van der Waals surface area contributed by atoms with Crippen molar-refractivity contribution in [1.82, 2.24) is 0 Å². The third kappa shape index (κ3) is 16.3. The first-order chi connectivity index (χ1) is 9.01. The summed E-state index contributed by atoms with van der Waals surface area (Å²) >= 11 is 0. The van der Waals surface area contributed by atoms with Crippen LogP contribution >= 0.6 is 0 Å². The zero-order chi connectivity index (χ0) is 16.3. The number of aliphatic carboxylic acids is 2. The summed E-state index contributed by atoms with van der Waals surface area (Å²) in [6.07, 6.45) is -0.607. The van der Waals surface area contributed by atoms with Gasteiger partial charge in [-0.15, -0.1) is 0 Å². The minimum atomic E-state index is -1.20. The monoisotopic (exact) mass is 292 g/mol. The van der Waals surface area contributed by atoms with Gasteiger partial charge in [-0.2, -0.15) is 0 Å². The van der Waals surface area contributed by atoms with E-state index in [1.165, 1.54) is 0 Å². The van der Waals surface area contributed by atoms with E-state index < -0.39 is 18.0 Å². The van der Waals surface area contributed by atoms with E-state index in [1.807, 2.05) is 21.1 Å². The third-order valence-corrected chi connectivity index (χ3v) is 1.94. The lowest BCUT2D eigenvalue weighted by Gasteiger charge is -2.29. The molecule has 0 aromatic carbocycles. The van der Waals surface area contributed by atoms with Crippen molar-refractivity contribution in [3.05, 3.63) is 0 Å². The number of carboxylic acids is 2. The number of carboxylic acid groups (broad SMARTS) is 2. The Morgan fingerprint density at radius 2 is 1.60 bits per heavy atom. The number of hydrogen-bond donors (Lipinski definition) is 1. The largest absolute Gasteiger partial charge is 0.550 e. The van der Waals surface area contributed by atoms with Crippen LogP contribution in [0, 0.1) is 0 Å². The van der Waals surface area contributed by atoms with Crippen LogP contribution in [0.25, 0.3) is 0 Å². The van der Waals surface area contributed by atoms with Crippen LogP contribution in [0.4, 0.5) is 0 Å². The molecule has 0 fully saturated rings. The third-order valence-electron chi connectivity index (χ3n) is 1.94. The van der Waals surface area contributed by atoms with Crippen LogP contribution in [0.2, 0.25) is 0 Å². The zero-order valence-electron chi connectivity index (χ0n) is 12.5. The normalized spacial score (nSPS) is 11.8. The van der Waals surface area contributed by atoms with Gasteiger partial charge in [-0.05, 0) is 0 Å². The van der Waals surface area contributed by atoms with Gasteiger partial charge in [0.2, 0.25) is 0 Å². The van der Waals surface area contributed by atoms with Gasteiger partial charge in [-0.1, -0.05) is 6.92 Å². The molecule has 1 atom stereocenters. The Balaban J connectivity index is 0. The van der Waals surface area contributed by atoms with Crippen LogP contribution < -0.4 is 15.9 Å². The molecule has 8 nitrogen and oxygen atoms in total. The van der Waals surface area contributed by atoms with Gasteiger partial charge in [0.05, 0.1) is 27.1 Å². The van der Waals surface area contributed by atoms with E-state index in [9.17, 15) is 24.6 Å². The highest BCUT2D eigenvalue weighted by Gasteiger charge is 2.21. The van der Waals surface area contributed by atoms with Crippen LogP contribution in [0.1, 0.15) is 19.8 Å². The van der Waals surface area contributed by atoms with Crippen molar-refractivity contribution in [1.29, 1.82) is 0 Å². The van der Waals surface area contributed by atoms with Crippen molar-refractivity contribution in [2.45, 2.75) is 25.9 Å². The molecule has 118 valence electrons. The first-order valence-corrected chi connectivity index (χ1v) is 6.20. The average Bonchev–Trinajstić information content (AvgIpc) is 2.26. The smallest absolute Gasteiger partial charge is 0.306 e. The number of carbonyl (C=O) groups excluding carboxylic acids is 3. The van der Waals surface area contributed by atoms with Crippen molar-refractivity contribution in [2.75, 3.05) is 34.2 Å². The second kappa shape index (κ2) is 10.2. The van der Waals surface area contributed by atoms with Crippen LogP contribution in [-0.2, 0) is 19.1 Å².